The molecule has 0 saturated carbocycles. The number of ketones is 1. The normalized spacial score (nSPS) is 26.3. The third kappa shape index (κ3) is 2.52. The Bertz CT molecular complexity index is 595. The summed E-state index contributed by atoms with van der Waals surface area (Å²) in [7, 11) is 0. The SMILES string of the molecule is C[C@@H]1COC[C@@H](C)N1CN1C(=O)C(=O)c2cc(Br)ccc21. The van der Waals surface area contributed by atoms with Crippen molar-refractivity contribution < 1.29 is 14.3 Å². The highest BCUT2D eigenvalue weighted by molar-refractivity contribution is 9.10. The maximum Gasteiger partial charge on any atom is 0.300 e. The van der Waals surface area contributed by atoms with Crippen LogP contribution in [0, 0.1) is 0 Å². The number of halogens is 1. The molecule has 1 aromatic carbocycles. The van der Waals surface area contributed by atoms with Crippen molar-refractivity contribution in [2.24, 2.45) is 0 Å². The molecule has 1 aromatic rings. The van der Waals surface area contributed by atoms with Crippen molar-refractivity contribution >= 4 is 33.3 Å². The Morgan fingerprint density at radius 3 is 2.57 bits per heavy atom. The zero-order chi connectivity index (χ0) is 15.1. The van der Waals surface area contributed by atoms with Gasteiger partial charge in [0.2, 0.25) is 0 Å². The van der Waals surface area contributed by atoms with Gasteiger partial charge < -0.3 is 4.74 Å². The quantitative estimate of drug-likeness (QED) is 0.764. The number of rotatable bonds is 2. The van der Waals surface area contributed by atoms with E-state index < -0.39 is 11.7 Å². The number of anilines is 1. The topological polar surface area (TPSA) is 49.9 Å². The lowest BCUT2D eigenvalue weighted by molar-refractivity contribution is -0.115. The molecular formula is C15H17BrN2O3. The van der Waals surface area contributed by atoms with Crippen LogP contribution < -0.4 is 4.90 Å². The number of morpholine rings is 1. The van der Waals surface area contributed by atoms with E-state index in [1.165, 1.54) is 0 Å². The highest BCUT2D eigenvalue weighted by atomic mass is 79.9. The predicted octanol–water partition coefficient (Wildman–Crippen LogP) is 2.05. The Labute approximate surface area is 132 Å². The second-order valence-corrected chi connectivity index (χ2v) is 6.53. The third-order valence-electron chi connectivity index (χ3n) is 4.09. The van der Waals surface area contributed by atoms with E-state index >= 15 is 0 Å². The molecule has 3 rings (SSSR count). The minimum absolute atomic E-state index is 0.219. The van der Waals surface area contributed by atoms with Crippen molar-refractivity contribution in [1.82, 2.24) is 4.90 Å². The highest BCUT2D eigenvalue weighted by Gasteiger charge is 2.38. The average Bonchev–Trinajstić information content (AvgIpc) is 2.67. The third-order valence-corrected chi connectivity index (χ3v) is 4.58. The molecule has 2 aliphatic heterocycles. The summed E-state index contributed by atoms with van der Waals surface area (Å²) < 4.78 is 6.31. The van der Waals surface area contributed by atoms with Crippen molar-refractivity contribution in [1.29, 1.82) is 0 Å². The Morgan fingerprint density at radius 2 is 1.90 bits per heavy atom. The first kappa shape index (κ1) is 14.7. The molecule has 0 unspecified atom stereocenters. The molecule has 0 spiro atoms. The number of benzene rings is 1. The zero-order valence-electron chi connectivity index (χ0n) is 12.0. The van der Waals surface area contributed by atoms with E-state index in [9.17, 15) is 9.59 Å². The predicted molar refractivity (Wildman–Crippen MR) is 82.4 cm³/mol. The first-order valence-electron chi connectivity index (χ1n) is 6.98. The molecule has 0 bridgehead atoms. The molecule has 6 heteroatoms. The molecule has 0 N–H and O–H groups in total. The van der Waals surface area contributed by atoms with Gasteiger partial charge in [-0.25, -0.2) is 0 Å². The van der Waals surface area contributed by atoms with Crippen LogP contribution in [-0.4, -0.2) is 48.6 Å². The largest absolute Gasteiger partial charge is 0.378 e. The smallest absolute Gasteiger partial charge is 0.300 e. The van der Waals surface area contributed by atoms with E-state index in [4.69, 9.17) is 4.74 Å². The summed E-state index contributed by atoms with van der Waals surface area (Å²) in [6.07, 6.45) is 0. The number of hydrogen-bond acceptors (Lipinski definition) is 4. The summed E-state index contributed by atoms with van der Waals surface area (Å²) in [5, 5.41) is 0. The molecule has 0 radical (unpaired) electrons. The fourth-order valence-corrected chi connectivity index (χ4v) is 3.25. The number of amides is 1. The fourth-order valence-electron chi connectivity index (χ4n) is 2.89. The second kappa shape index (κ2) is 5.51. The van der Waals surface area contributed by atoms with Gasteiger partial charge in [-0.15, -0.1) is 0 Å². The van der Waals surface area contributed by atoms with Gasteiger partial charge in [0, 0.05) is 16.6 Å². The first-order chi connectivity index (χ1) is 9.99. The second-order valence-electron chi connectivity index (χ2n) is 5.61. The number of fused-ring (bicyclic) bond motifs is 1. The Morgan fingerprint density at radius 1 is 1.24 bits per heavy atom. The maximum atomic E-state index is 12.3. The van der Waals surface area contributed by atoms with Gasteiger partial charge in [0.05, 0.1) is 31.1 Å². The number of hydrogen-bond donors (Lipinski definition) is 0. The summed E-state index contributed by atoms with van der Waals surface area (Å²) >= 11 is 3.34. The minimum Gasteiger partial charge on any atom is -0.378 e. The Balaban J connectivity index is 1.89. The molecule has 1 fully saturated rings. The van der Waals surface area contributed by atoms with Gasteiger partial charge in [0.1, 0.15) is 0 Å². The van der Waals surface area contributed by atoms with Crippen molar-refractivity contribution in [2.75, 3.05) is 24.8 Å². The van der Waals surface area contributed by atoms with Crippen LogP contribution in [0.25, 0.3) is 0 Å². The Hall–Kier alpha value is -1.24. The van der Waals surface area contributed by atoms with Crippen molar-refractivity contribution in [2.45, 2.75) is 25.9 Å². The van der Waals surface area contributed by atoms with Gasteiger partial charge in [-0.05, 0) is 32.0 Å². The van der Waals surface area contributed by atoms with Crippen LogP contribution in [0.3, 0.4) is 0 Å². The molecule has 1 saturated heterocycles. The standard InChI is InChI=1S/C15H17BrN2O3/c1-9-6-21-7-10(2)17(9)8-18-13-4-3-11(16)5-12(13)14(19)15(18)20/h3-5,9-10H,6-8H2,1-2H3/t9-,10-/m1/s1. The van der Waals surface area contributed by atoms with E-state index in [1.54, 1.807) is 11.0 Å². The first-order valence-corrected chi connectivity index (χ1v) is 7.77. The van der Waals surface area contributed by atoms with E-state index in [1.807, 2.05) is 12.1 Å². The summed E-state index contributed by atoms with van der Waals surface area (Å²) in [6, 6.07) is 5.82. The van der Waals surface area contributed by atoms with Gasteiger partial charge in [-0.1, -0.05) is 15.9 Å². The summed E-state index contributed by atoms with van der Waals surface area (Å²) in [6.45, 7) is 5.85. The van der Waals surface area contributed by atoms with Gasteiger partial charge >= 0.3 is 5.91 Å². The molecule has 112 valence electrons. The summed E-state index contributed by atoms with van der Waals surface area (Å²) in [5.41, 5.74) is 1.17. The number of carbonyl (C=O) groups excluding carboxylic acids is 2. The van der Waals surface area contributed by atoms with Gasteiger partial charge in [-0.2, -0.15) is 0 Å². The fraction of sp³-hybridized carbons (Fsp3) is 0.467. The van der Waals surface area contributed by atoms with Crippen molar-refractivity contribution in [3.8, 4) is 0 Å². The highest BCUT2D eigenvalue weighted by Crippen LogP contribution is 2.32. The number of ether oxygens (including phenoxy) is 1. The van der Waals surface area contributed by atoms with Gasteiger partial charge in [0.15, 0.2) is 0 Å². The van der Waals surface area contributed by atoms with Crippen LogP contribution in [0.2, 0.25) is 0 Å². The Kier molecular flexibility index (Phi) is 3.86. The van der Waals surface area contributed by atoms with Crippen molar-refractivity contribution in [3.63, 3.8) is 0 Å². The van der Waals surface area contributed by atoms with E-state index in [-0.39, 0.29) is 12.1 Å². The van der Waals surface area contributed by atoms with E-state index in [2.05, 4.69) is 34.7 Å². The molecule has 2 atom stereocenters. The van der Waals surface area contributed by atoms with Crippen molar-refractivity contribution in [3.05, 3.63) is 28.2 Å². The molecule has 2 heterocycles. The van der Waals surface area contributed by atoms with Gasteiger partial charge in [0.25, 0.3) is 5.78 Å². The lowest BCUT2D eigenvalue weighted by atomic mass is 10.1. The average molecular weight is 353 g/mol. The van der Waals surface area contributed by atoms with Crippen LogP contribution in [0.5, 0.6) is 0 Å². The van der Waals surface area contributed by atoms with Crippen LogP contribution in [0.1, 0.15) is 24.2 Å². The zero-order valence-corrected chi connectivity index (χ0v) is 13.6. The van der Waals surface area contributed by atoms with Crippen LogP contribution >= 0.6 is 15.9 Å². The van der Waals surface area contributed by atoms with Crippen LogP contribution in [-0.2, 0) is 9.53 Å². The molecule has 5 nitrogen and oxygen atoms in total. The van der Waals surface area contributed by atoms with Crippen LogP contribution in [0.4, 0.5) is 5.69 Å². The molecule has 21 heavy (non-hydrogen) atoms. The van der Waals surface area contributed by atoms with Gasteiger partial charge in [-0.3, -0.25) is 19.4 Å². The van der Waals surface area contributed by atoms with E-state index in [0.717, 1.165) is 4.47 Å². The number of nitrogens with zero attached hydrogens (tertiary/aromatic N) is 2. The lowest BCUT2D eigenvalue weighted by Gasteiger charge is -2.40. The maximum absolute atomic E-state index is 12.3. The number of carbonyl (C=O) groups is 2. The molecule has 2 aliphatic rings. The summed E-state index contributed by atoms with van der Waals surface area (Å²) in [5.74, 6) is -0.881. The molecular weight excluding hydrogens is 336 g/mol. The van der Waals surface area contributed by atoms with Crippen LogP contribution in [0.15, 0.2) is 22.7 Å². The molecule has 0 aromatic heterocycles. The van der Waals surface area contributed by atoms with E-state index in [0.29, 0.717) is 31.1 Å². The molecule has 1 amide bonds. The molecule has 0 aliphatic carbocycles. The minimum atomic E-state index is -0.450. The number of Topliss-reactive ketones (excluding diaryl/α,β-unsaturated/α-hetero) is 1. The summed E-state index contributed by atoms with van der Waals surface area (Å²) in [4.78, 5) is 28.1. The lowest BCUT2D eigenvalue weighted by Crippen LogP contribution is -2.54. The monoisotopic (exact) mass is 352 g/mol.